The van der Waals surface area contributed by atoms with Crippen molar-refractivity contribution in [2.75, 3.05) is 34.4 Å². The van der Waals surface area contributed by atoms with Gasteiger partial charge in [0.05, 0.1) is 38.1 Å². The van der Waals surface area contributed by atoms with Crippen LogP contribution in [0.15, 0.2) is 29.4 Å². The normalized spacial score (nSPS) is 14.6. The van der Waals surface area contributed by atoms with Crippen LogP contribution in [0.25, 0.3) is 6.08 Å². The van der Waals surface area contributed by atoms with Crippen LogP contribution in [0.2, 0.25) is 0 Å². The molecule has 0 unspecified atom stereocenters. The highest BCUT2D eigenvalue weighted by Crippen LogP contribution is 2.40. The molecule has 1 aromatic heterocycles. The maximum absolute atomic E-state index is 12.7. The highest BCUT2D eigenvalue weighted by Gasteiger charge is 2.34. The molecule has 10 nitrogen and oxygen atoms in total. The van der Waals surface area contributed by atoms with E-state index in [0.717, 1.165) is 16.7 Å². The summed E-state index contributed by atoms with van der Waals surface area (Å²) < 4.78 is 15.9. The number of thioether (sulfide) groups is 1. The SMILES string of the molecule is COc1cc(C=C2SC(=O)N(CCNC(=O)c3cnc(C)cn3)C2=O)cc(OC)c1OC. The molecule has 2 heterocycles. The predicted octanol–water partition coefficient (Wildman–Crippen LogP) is 2.28. The van der Waals surface area contributed by atoms with E-state index in [0.29, 0.717) is 28.5 Å². The maximum Gasteiger partial charge on any atom is 0.293 e. The van der Waals surface area contributed by atoms with Crippen LogP contribution in [0, 0.1) is 6.92 Å². The third-order valence-corrected chi connectivity index (χ3v) is 5.40. The Bertz CT molecular complexity index is 1050. The molecule has 0 spiro atoms. The molecule has 1 N–H and O–H groups in total. The van der Waals surface area contributed by atoms with Crippen molar-refractivity contribution >= 4 is 34.9 Å². The number of rotatable bonds is 8. The van der Waals surface area contributed by atoms with Crippen LogP contribution in [0.4, 0.5) is 4.79 Å². The standard InChI is InChI=1S/C21H22N4O6S/c1-12-10-24-14(11-23-12)19(26)22-5-6-25-20(27)17(32-21(25)28)9-13-7-15(29-2)18(31-4)16(8-13)30-3/h7-11H,5-6H2,1-4H3,(H,22,26). The average molecular weight is 458 g/mol. The molecular weight excluding hydrogens is 436 g/mol. The summed E-state index contributed by atoms with van der Waals surface area (Å²) in [7, 11) is 4.48. The first-order valence-corrected chi connectivity index (χ1v) is 10.3. The number of carbonyl (C=O) groups excluding carboxylic acids is 3. The molecule has 0 radical (unpaired) electrons. The van der Waals surface area contributed by atoms with Crippen molar-refractivity contribution in [1.29, 1.82) is 0 Å². The van der Waals surface area contributed by atoms with Gasteiger partial charge in [0.2, 0.25) is 5.75 Å². The second-order valence-corrected chi connectivity index (χ2v) is 7.58. The van der Waals surface area contributed by atoms with Gasteiger partial charge in [-0.05, 0) is 42.5 Å². The third-order valence-electron chi connectivity index (χ3n) is 4.49. The Labute approximate surface area is 189 Å². The smallest absolute Gasteiger partial charge is 0.293 e. The second-order valence-electron chi connectivity index (χ2n) is 6.59. The van der Waals surface area contributed by atoms with Crippen molar-refractivity contribution in [2.45, 2.75) is 6.92 Å². The lowest BCUT2D eigenvalue weighted by Crippen LogP contribution is -2.37. The van der Waals surface area contributed by atoms with Crippen LogP contribution >= 0.6 is 11.8 Å². The lowest BCUT2D eigenvalue weighted by atomic mass is 10.1. The number of benzene rings is 1. The number of aryl methyl sites for hydroxylation is 1. The largest absolute Gasteiger partial charge is 0.493 e. The lowest BCUT2D eigenvalue weighted by Gasteiger charge is -2.13. The predicted molar refractivity (Wildman–Crippen MR) is 118 cm³/mol. The van der Waals surface area contributed by atoms with Gasteiger partial charge < -0.3 is 19.5 Å². The summed E-state index contributed by atoms with van der Waals surface area (Å²) in [6.45, 7) is 1.88. The molecule has 1 fully saturated rings. The molecule has 1 aliphatic heterocycles. The fourth-order valence-corrected chi connectivity index (χ4v) is 3.78. The number of carbonyl (C=O) groups is 3. The fraction of sp³-hybridized carbons (Fsp3) is 0.286. The Hall–Kier alpha value is -3.60. The quantitative estimate of drug-likeness (QED) is 0.594. The van der Waals surface area contributed by atoms with Crippen LogP contribution in [-0.2, 0) is 4.79 Å². The topological polar surface area (TPSA) is 120 Å². The van der Waals surface area contributed by atoms with Gasteiger partial charge in [0, 0.05) is 19.3 Å². The molecule has 3 amide bonds. The molecule has 2 aromatic rings. The van der Waals surface area contributed by atoms with E-state index in [1.807, 2.05) is 0 Å². The summed E-state index contributed by atoms with van der Waals surface area (Å²) in [5.74, 6) is 0.406. The molecule has 0 bridgehead atoms. The van der Waals surface area contributed by atoms with E-state index in [-0.39, 0.29) is 23.7 Å². The van der Waals surface area contributed by atoms with Gasteiger partial charge in [-0.25, -0.2) is 4.98 Å². The zero-order chi connectivity index (χ0) is 23.3. The first-order chi connectivity index (χ1) is 15.4. The third kappa shape index (κ3) is 4.99. The highest BCUT2D eigenvalue weighted by molar-refractivity contribution is 8.18. The van der Waals surface area contributed by atoms with Gasteiger partial charge >= 0.3 is 0 Å². The van der Waals surface area contributed by atoms with Crippen molar-refractivity contribution < 1.29 is 28.6 Å². The monoisotopic (exact) mass is 458 g/mol. The minimum Gasteiger partial charge on any atom is -0.493 e. The molecule has 0 saturated carbocycles. The van der Waals surface area contributed by atoms with Gasteiger partial charge in [0.25, 0.3) is 17.1 Å². The zero-order valence-electron chi connectivity index (χ0n) is 18.0. The van der Waals surface area contributed by atoms with Crippen LogP contribution in [0.1, 0.15) is 21.7 Å². The summed E-state index contributed by atoms with van der Waals surface area (Å²) >= 11 is 0.821. The first-order valence-electron chi connectivity index (χ1n) is 9.50. The molecule has 1 aliphatic rings. The van der Waals surface area contributed by atoms with E-state index in [1.54, 1.807) is 25.1 Å². The second kappa shape index (κ2) is 10.1. The molecular formula is C21H22N4O6S. The van der Waals surface area contributed by atoms with E-state index >= 15 is 0 Å². The van der Waals surface area contributed by atoms with Crippen molar-refractivity contribution in [3.05, 3.63) is 46.4 Å². The highest BCUT2D eigenvalue weighted by atomic mass is 32.2. The van der Waals surface area contributed by atoms with E-state index in [4.69, 9.17) is 14.2 Å². The average Bonchev–Trinajstić information content (AvgIpc) is 3.05. The molecule has 1 aromatic carbocycles. The molecule has 168 valence electrons. The Morgan fingerprint density at radius 1 is 1.09 bits per heavy atom. The molecule has 0 atom stereocenters. The summed E-state index contributed by atoms with van der Waals surface area (Å²) in [6, 6.07) is 3.36. The van der Waals surface area contributed by atoms with Crippen LogP contribution in [0.5, 0.6) is 17.2 Å². The van der Waals surface area contributed by atoms with Crippen molar-refractivity contribution in [2.24, 2.45) is 0 Å². The van der Waals surface area contributed by atoms with Crippen molar-refractivity contribution in [3.8, 4) is 17.2 Å². The molecule has 32 heavy (non-hydrogen) atoms. The van der Waals surface area contributed by atoms with Crippen LogP contribution < -0.4 is 19.5 Å². The molecule has 3 rings (SSSR count). The van der Waals surface area contributed by atoms with Gasteiger partial charge in [-0.15, -0.1) is 0 Å². The first kappa shape index (κ1) is 23.1. The Morgan fingerprint density at radius 2 is 1.78 bits per heavy atom. The number of amides is 3. The Morgan fingerprint density at radius 3 is 2.34 bits per heavy atom. The minimum absolute atomic E-state index is 0.0301. The fourth-order valence-electron chi connectivity index (χ4n) is 2.91. The van der Waals surface area contributed by atoms with Crippen LogP contribution in [0.3, 0.4) is 0 Å². The summed E-state index contributed by atoms with van der Waals surface area (Å²) in [5.41, 5.74) is 1.46. The van der Waals surface area contributed by atoms with E-state index in [1.165, 1.54) is 33.7 Å². The minimum atomic E-state index is -0.446. The van der Waals surface area contributed by atoms with E-state index in [9.17, 15) is 14.4 Å². The number of aromatic nitrogens is 2. The van der Waals surface area contributed by atoms with Gasteiger partial charge in [-0.2, -0.15) is 0 Å². The number of nitrogens with one attached hydrogen (secondary N) is 1. The van der Waals surface area contributed by atoms with E-state index < -0.39 is 17.1 Å². The molecule has 0 aliphatic carbocycles. The van der Waals surface area contributed by atoms with E-state index in [2.05, 4.69) is 15.3 Å². The number of imide groups is 1. The lowest BCUT2D eigenvalue weighted by molar-refractivity contribution is -0.122. The molecule has 1 saturated heterocycles. The van der Waals surface area contributed by atoms with Crippen molar-refractivity contribution in [3.63, 3.8) is 0 Å². The van der Waals surface area contributed by atoms with Gasteiger partial charge in [-0.3, -0.25) is 24.3 Å². The van der Waals surface area contributed by atoms with Gasteiger partial charge in [0.15, 0.2) is 11.5 Å². The number of methoxy groups -OCH3 is 3. The number of hydrogen-bond acceptors (Lipinski definition) is 9. The van der Waals surface area contributed by atoms with Gasteiger partial charge in [0.1, 0.15) is 5.69 Å². The molecule has 11 heteroatoms. The Kier molecular flexibility index (Phi) is 7.31. The number of ether oxygens (including phenoxy) is 3. The maximum atomic E-state index is 12.7. The number of nitrogens with zero attached hydrogens (tertiary/aromatic N) is 3. The summed E-state index contributed by atoms with van der Waals surface area (Å²) in [4.78, 5) is 46.5. The zero-order valence-corrected chi connectivity index (χ0v) is 18.8. The number of hydrogen-bond donors (Lipinski definition) is 1. The van der Waals surface area contributed by atoms with Crippen LogP contribution in [-0.4, -0.2) is 66.3 Å². The van der Waals surface area contributed by atoms with Crippen molar-refractivity contribution in [1.82, 2.24) is 20.2 Å². The summed E-state index contributed by atoms with van der Waals surface area (Å²) in [6.07, 6.45) is 4.43. The summed E-state index contributed by atoms with van der Waals surface area (Å²) in [5, 5.41) is 2.21. The van der Waals surface area contributed by atoms with Gasteiger partial charge in [-0.1, -0.05) is 0 Å². The Balaban J connectivity index is 1.68.